The summed E-state index contributed by atoms with van der Waals surface area (Å²) in [6, 6.07) is 10.7. The first-order valence-corrected chi connectivity index (χ1v) is 8.15. The van der Waals surface area contributed by atoms with Gasteiger partial charge >= 0.3 is 11.8 Å². The standard InChI is InChI=1S/C18H19ClFN3O3/c1-23(2)13-6-3-11(4-7-13)16(24)10-21-17(25)18(26)22-12-5-8-15(20)14(19)9-12/h3-9,16,24H,10H2,1-2H3,(H,21,25)(H,22,26)/t16-/m1/s1. The summed E-state index contributed by atoms with van der Waals surface area (Å²) >= 11 is 5.62. The number of benzene rings is 2. The lowest BCUT2D eigenvalue weighted by Crippen LogP contribution is -2.37. The molecule has 0 saturated carbocycles. The number of hydrogen-bond donors (Lipinski definition) is 3. The molecule has 2 rings (SSSR count). The second kappa shape index (κ2) is 8.64. The molecule has 1 atom stereocenters. The van der Waals surface area contributed by atoms with E-state index in [4.69, 9.17) is 11.6 Å². The SMILES string of the molecule is CN(C)c1ccc([C@H](O)CNC(=O)C(=O)Nc2ccc(F)c(Cl)c2)cc1. The molecule has 138 valence electrons. The summed E-state index contributed by atoms with van der Waals surface area (Å²) in [5.41, 5.74) is 1.78. The largest absolute Gasteiger partial charge is 0.387 e. The summed E-state index contributed by atoms with van der Waals surface area (Å²) in [6.45, 7) is -0.127. The van der Waals surface area contributed by atoms with Gasteiger partial charge in [-0.15, -0.1) is 0 Å². The van der Waals surface area contributed by atoms with Gasteiger partial charge in [-0.1, -0.05) is 23.7 Å². The number of amides is 2. The maximum absolute atomic E-state index is 13.1. The van der Waals surface area contributed by atoms with Crippen molar-refractivity contribution in [1.29, 1.82) is 0 Å². The first kappa shape index (κ1) is 19.7. The van der Waals surface area contributed by atoms with Crippen LogP contribution in [-0.2, 0) is 9.59 Å². The molecule has 8 heteroatoms. The molecule has 0 saturated heterocycles. The average molecular weight is 380 g/mol. The minimum Gasteiger partial charge on any atom is -0.387 e. The van der Waals surface area contributed by atoms with Crippen molar-refractivity contribution >= 4 is 34.8 Å². The number of carbonyl (C=O) groups excluding carboxylic acids is 2. The van der Waals surface area contributed by atoms with E-state index in [1.165, 1.54) is 12.1 Å². The molecule has 0 bridgehead atoms. The Morgan fingerprint density at radius 1 is 1.15 bits per heavy atom. The molecule has 0 aliphatic rings. The van der Waals surface area contributed by atoms with Crippen LogP contribution < -0.4 is 15.5 Å². The molecule has 2 aromatic carbocycles. The molecular formula is C18H19ClFN3O3. The third kappa shape index (κ3) is 5.18. The number of aliphatic hydroxyl groups is 1. The van der Waals surface area contributed by atoms with Crippen molar-refractivity contribution in [2.45, 2.75) is 6.10 Å². The number of anilines is 2. The highest BCUT2D eigenvalue weighted by atomic mass is 35.5. The Labute approximate surface area is 155 Å². The van der Waals surface area contributed by atoms with Crippen molar-refractivity contribution in [3.05, 3.63) is 58.9 Å². The van der Waals surface area contributed by atoms with Gasteiger partial charge in [-0.3, -0.25) is 9.59 Å². The van der Waals surface area contributed by atoms with E-state index in [2.05, 4.69) is 10.6 Å². The summed E-state index contributed by atoms with van der Waals surface area (Å²) in [4.78, 5) is 25.6. The molecule has 0 radical (unpaired) electrons. The number of nitrogens with one attached hydrogen (secondary N) is 2. The Bertz CT molecular complexity index is 797. The lowest BCUT2D eigenvalue weighted by atomic mass is 10.1. The fourth-order valence-electron chi connectivity index (χ4n) is 2.14. The van der Waals surface area contributed by atoms with Gasteiger partial charge in [0.2, 0.25) is 0 Å². The maximum atomic E-state index is 13.1. The van der Waals surface area contributed by atoms with Gasteiger partial charge in [0.15, 0.2) is 0 Å². The molecule has 0 aliphatic carbocycles. The third-order valence-corrected chi connectivity index (χ3v) is 3.92. The zero-order chi connectivity index (χ0) is 19.3. The summed E-state index contributed by atoms with van der Waals surface area (Å²) in [6.07, 6.45) is -0.955. The second-order valence-electron chi connectivity index (χ2n) is 5.79. The topological polar surface area (TPSA) is 81.7 Å². The van der Waals surface area contributed by atoms with Gasteiger partial charge in [0.1, 0.15) is 5.82 Å². The number of nitrogens with zero attached hydrogens (tertiary/aromatic N) is 1. The molecule has 0 fully saturated rings. The van der Waals surface area contributed by atoms with Gasteiger partial charge < -0.3 is 20.6 Å². The Hall–Kier alpha value is -2.64. The van der Waals surface area contributed by atoms with Crippen LogP contribution in [0, 0.1) is 5.82 Å². The zero-order valence-electron chi connectivity index (χ0n) is 14.3. The van der Waals surface area contributed by atoms with Gasteiger partial charge in [-0.2, -0.15) is 0 Å². The molecule has 0 aliphatic heterocycles. The summed E-state index contributed by atoms with van der Waals surface area (Å²) in [5, 5.41) is 14.6. The van der Waals surface area contributed by atoms with Crippen molar-refractivity contribution < 1.29 is 19.1 Å². The fraction of sp³-hybridized carbons (Fsp3) is 0.222. The first-order chi connectivity index (χ1) is 12.3. The zero-order valence-corrected chi connectivity index (χ0v) is 15.0. The predicted molar refractivity (Wildman–Crippen MR) is 98.8 cm³/mol. The Morgan fingerprint density at radius 2 is 1.81 bits per heavy atom. The minimum absolute atomic E-state index is 0.127. The Balaban J connectivity index is 1.88. The normalized spacial score (nSPS) is 11.6. The maximum Gasteiger partial charge on any atom is 0.313 e. The number of halogens is 2. The molecule has 2 amide bonds. The highest BCUT2D eigenvalue weighted by Crippen LogP contribution is 2.19. The van der Waals surface area contributed by atoms with E-state index in [0.717, 1.165) is 11.8 Å². The fourth-order valence-corrected chi connectivity index (χ4v) is 2.32. The average Bonchev–Trinajstić information content (AvgIpc) is 2.62. The summed E-state index contributed by atoms with van der Waals surface area (Å²) in [7, 11) is 3.80. The van der Waals surface area contributed by atoms with Crippen LogP contribution in [0.25, 0.3) is 0 Å². The highest BCUT2D eigenvalue weighted by molar-refractivity contribution is 6.39. The van der Waals surface area contributed by atoms with Crippen LogP contribution >= 0.6 is 11.6 Å². The molecule has 3 N–H and O–H groups in total. The highest BCUT2D eigenvalue weighted by Gasteiger charge is 2.16. The second-order valence-corrected chi connectivity index (χ2v) is 6.20. The van der Waals surface area contributed by atoms with Crippen molar-refractivity contribution in [2.75, 3.05) is 30.9 Å². The predicted octanol–water partition coefficient (Wildman–Crippen LogP) is 2.33. The van der Waals surface area contributed by atoms with Gasteiger partial charge in [0, 0.05) is 32.0 Å². The van der Waals surface area contributed by atoms with Crippen LogP contribution in [0.1, 0.15) is 11.7 Å². The van der Waals surface area contributed by atoms with Crippen LogP contribution in [0.2, 0.25) is 5.02 Å². The van der Waals surface area contributed by atoms with E-state index in [1.807, 2.05) is 31.1 Å². The van der Waals surface area contributed by atoms with E-state index in [9.17, 15) is 19.1 Å². The lowest BCUT2D eigenvalue weighted by molar-refractivity contribution is -0.136. The molecule has 6 nitrogen and oxygen atoms in total. The van der Waals surface area contributed by atoms with E-state index in [0.29, 0.717) is 5.56 Å². The molecular weight excluding hydrogens is 361 g/mol. The Morgan fingerprint density at radius 3 is 2.38 bits per heavy atom. The van der Waals surface area contributed by atoms with E-state index in [-0.39, 0.29) is 17.3 Å². The van der Waals surface area contributed by atoms with Gasteiger partial charge in [0.05, 0.1) is 11.1 Å². The van der Waals surface area contributed by atoms with Gasteiger partial charge in [0.25, 0.3) is 0 Å². The van der Waals surface area contributed by atoms with Crippen molar-refractivity contribution in [1.82, 2.24) is 5.32 Å². The van der Waals surface area contributed by atoms with Crippen LogP contribution in [-0.4, -0.2) is 37.6 Å². The number of aliphatic hydroxyl groups excluding tert-OH is 1. The van der Waals surface area contributed by atoms with Crippen molar-refractivity contribution in [3.63, 3.8) is 0 Å². The molecule has 0 unspecified atom stereocenters. The summed E-state index contributed by atoms with van der Waals surface area (Å²) in [5.74, 6) is -2.49. The van der Waals surface area contributed by atoms with Crippen molar-refractivity contribution in [3.8, 4) is 0 Å². The molecule has 26 heavy (non-hydrogen) atoms. The number of rotatable bonds is 5. The van der Waals surface area contributed by atoms with E-state index >= 15 is 0 Å². The monoisotopic (exact) mass is 379 g/mol. The van der Waals surface area contributed by atoms with Crippen molar-refractivity contribution in [2.24, 2.45) is 0 Å². The van der Waals surface area contributed by atoms with Crippen LogP contribution in [0.15, 0.2) is 42.5 Å². The van der Waals surface area contributed by atoms with Crippen LogP contribution in [0.3, 0.4) is 0 Å². The molecule has 0 aromatic heterocycles. The Kier molecular flexibility index (Phi) is 6.54. The minimum atomic E-state index is -0.955. The number of carbonyl (C=O) groups is 2. The third-order valence-electron chi connectivity index (χ3n) is 3.63. The van der Waals surface area contributed by atoms with Crippen LogP contribution in [0.5, 0.6) is 0 Å². The lowest BCUT2D eigenvalue weighted by Gasteiger charge is -2.15. The number of hydrogen-bond acceptors (Lipinski definition) is 4. The molecule has 0 spiro atoms. The van der Waals surface area contributed by atoms with E-state index < -0.39 is 23.7 Å². The molecule has 2 aromatic rings. The van der Waals surface area contributed by atoms with E-state index in [1.54, 1.807) is 12.1 Å². The van der Waals surface area contributed by atoms with Gasteiger partial charge in [-0.25, -0.2) is 4.39 Å². The first-order valence-electron chi connectivity index (χ1n) is 7.77. The summed E-state index contributed by atoms with van der Waals surface area (Å²) < 4.78 is 13.1. The van der Waals surface area contributed by atoms with Gasteiger partial charge in [-0.05, 0) is 35.9 Å². The van der Waals surface area contributed by atoms with Crippen LogP contribution in [0.4, 0.5) is 15.8 Å². The quantitative estimate of drug-likeness (QED) is 0.696. The molecule has 0 heterocycles. The smallest absolute Gasteiger partial charge is 0.313 e.